The fourth-order valence-corrected chi connectivity index (χ4v) is 6.46. The number of hydrogen-bond acceptors (Lipinski definition) is 5. The topological polar surface area (TPSA) is 76.5 Å². The van der Waals surface area contributed by atoms with E-state index in [1.807, 2.05) is 66.8 Å². The Hall–Kier alpha value is -3.73. The molecule has 0 unspecified atom stereocenters. The summed E-state index contributed by atoms with van der Waals surface area (Å²) in [6.45, 7) is 22.9. The Morgan fingerprint density at radius 1 is 0.820 bits per heavy atom. The number of allylic oxidation sites excluding steroid dienone is 2. The number of nitrogens with zero attached hydrogens (tertiary/aromatic N) is 1. The SMILES string of the molecule is CCC(C)(CC)C(=O)/C=C(\O)C(C)(CC)CC.Cc1oc2ccc3c4ccnc(-c5[c-]c6ccccc6c(C(C)(C)C)c5)c4oc3c2c1C.[Ir]. The molecular formula is C44H52IrNO4-. The summed E-state index contributed by atoms with van der Waals surface area (Å²) in [5.41, 5.74) is 6.06. The number of benzene rings is 3. The number of carbonyl (C=O) groups excluding carboxylic acids is 1. The molecule has 267 valence electrons. The molecule has 0 fully saturated rings. The predicted octanol–water partition coefficient (Wildman–Crippen LogP) is 12.9. The van der Waals surface area contributed by atoms with E-state index >= 15 is 0 Å². The van der Waals surface area contributed by atoms with Crippen LogP contribution in [-0.2, 0) is 30.3 Å². The minimum absolute atomic E-state index is 0. The third-order valence-corrected chi connectivity index (χ3v) is 11.1. The van der Waals surface area contributed by atoms with E-state index in [0.717, 1.165) is 86.6 Å². The molecule has 0 amide bonds. The number of carbonyl (C=O) groups is 1. The summed E-state index contributed by atoms with van der Waals surface area (Å²) in [6.07, 6.45) is 6.62. The smallest absolute Gasteiger partial charge is 0.164 e. The van der Waals surface area contributed by atoms with E-state index in [9.17, 15) is 9.90 Å². The number of hydrogen-bond donors (Lipinski definition) is 1. The second-order valence-electron chi connectivity index (χ2n) is 15.1. The van der Waals surface area contributed by atoms with E-state index < -0.39 is 0 Å². The van der Waals surface area contributed by atoms with E-state index in [4.69, 9.17) is 13.8 Å². The maximum absolute atomic E-state index is 12.2. The van der Waals surface area contributed by atoms with Crippen LogP contribution in [0, 0.1) is 30.7 Å². The molecule has 1 N–H and O–H groups in total. The van der Waals surface area contributed by atoms with Crippen LogP contribution >= 0.6 is 0 Å². The molecule has 5 nitrogen and oxygen atoms in total. The van der Waals surface area contributed by atoms with Gasteiger partial charge in [-0.1, -0.05) is 91.5 Å². The van der Waals surface area contributed by atoms with Crippen molar-refractivity contribution in [1.29, 1.82) is 0 Å². The quantitative estimate of drug-likeness (QED) is 0.0938. The first-order chi connectivity index (χ1) is 23.1. The number of aryl methyl sites for hydroxylation is 2. The Kier molecular flexibility index (Phi) is 11.6. The van der Waals surface area contributed by atoms with Crippen LogP contribution in [0.4, 0.5) is 0 Å². The van der Waals surface area contributed by atoms with E-state index in [-0.39, 0.29) is 47.9 Å². The van der Waals surface area contributed by atoms with E-state index in [1.54, 1.807) is 0 Å². The van der Waals surface area contributed by atoms with Gasteiger partial charge in [-0.2, -0.15) is 0 Å². The zero-order valence-corrected chi connectivity index (χ0v) is 33.9. The summed E-state index contributed by atoms with van der Waals surface area (Å²) in [4.78, 5) is 16.9. The van der Waals surface area contributed by atoms with Crippen molar-refractivity contribution in [2.24, 2.45) is 10.8 Å². The molecule has 0 aliphatic carbocycles. The van der Waals surface area contributed by atoms with Crippen molar-refractivity contribution in [2.75, 3.05) is 0 Å². The average Bonchev–Trinajstić information content (AvgIpc) is 3.62. The zero-order chi connectivity index (χ0) is 35.9. The maximum atomic E-state index is 12.2. The molecule has 0 spiro atoms. The molecule has 1 radical (unpaired) electrons. The number of aliphatic hydroxyl groups excluding tert-OH is 1. The second-order valence-corrected chi connectivity index (χ2v) is 15.1. The van der Waals surface area contributed by atoms with Gasteiger partial charge in [0.15, 0.2) is 5.78 Å². The van der Waals surface area contributed by atoms with Crippen LogP contribution in [0.1, 0.15) is 105 Å². The van der Waals surface area contributed by atoms with Gasteiger partial charge in [-0.05, 0) is 63.1 Å². The molecule has 3 aromatic carbocycles. The molecule has 0 saturated heterocycles. The van der Waals surface area contributed by atoms with Crippen LogP contribution in [-0.4, -0.2) is 15.9 Å². The van der Waals surface area contributed by atoms with Crippen LogP contribution in [0.25, 0.3) is 54.9 Å². The summed E-state index contributed by atoms with van der Waals surface area (Å²) in [5, 5.41) is 15.6. The van der Waals surface area contributed by atoms with Crippen molar-refractivity contribution < 1.29 is 38.8 Å². The van der Waals surface area contributed by atoms with E-state index in [2.05, 4.69) is 70.2 Å². The molecule has 0 aliphatic rings. The predicted molar refractivity (Wildman–Crippen MR) is 204 cm³/mol. The monoisotopic (exact) mass is 851 g/mol. The first kappa shape index (κ1) is 39.1. The normalized spacial score (nSPS) is 12.7. The maximum Gasteiger partial charge on any atom is 0.164 e. The van der Waals surface area contributed by atoms with E-state index in [0.29, 0.717) is 0 Å². The van der Waals surface area contributed by atoms with Crippen molar-refractivity contribution in [3.63, 3.8) is 0 Å². The Balaban J connectivity index is 0.000000269. The summed E-state index contributed by atoms with van der Waals surface area (Å²) in [7, 11) is 0. The van der Waals surface area contributed by atoms with Gasteiger partial charge in [0.1, 0.15) is 28.3 Å². The molecule has 6 heteroatoms. The van der Waals surface area contributed by atoms with Gasteiger partial charge in [-0.25, -0.2) is 0 Å². The first-order valence-electron chi connectivity index (χ1n) is 17.7. The van der Waals surface area contributed by atoms with Gasteiger partial charge >= 0.3 is 0 Å². The fourth-order valence-electron chi connectivity index (χ4n) is 6.46. The molecule has 0 saturated carbocycles. The standard InChI is InChI=1S/C29H24NO2.C15H28O2.Ir/c1-16-17(2)31-24-11-10-21-22-12-13-30-26(28(22)32-27(21)25(16)24)19-14-18-8-6-7-9-20(18)23(15-19)29(3,4)5;1-7-14(5,8-2)12(16)11-13(17)15(6,9-3)10-4;/h6-13,15H,1-5H3;11,16H,7-10H2,1-6H3;/q-1;;/b;12-11-;. The molecule has 50 heavy (non-hydrogen) atoms. The van der Waals surface area contributed by atoms with Gasteiger partial charge in [0, 0.05) is 65.2 Å². The molecule has 6 aromatic rings. The van der Waals surface area contributed by atoms with Crippen LogP contribution in [0.3, 0.4) is 0 Å². The first-order valence-corrected chi connectivity index (χ1v) is 17.7. The molecule has 3 aromatic heterocycles. The number of ketones is 1. The van der Waals surface area contributed by atoms with E-state index in [1.165, 1.54) is 17.0 Å². The van der Waals surface area contributed by atoms with Crippen LogP contribution < -0.4 is 0 Å². The molecular weight excluding hydrogens is 799 g/mol. The average molecular weight is 851 g/mol. The Bertz CT molecular complexity index is 2190. The largest absolute Gasteiger partial charge is 0.512 e. The van der Waals surface area contributed by atoms with Crippen molar-refractivity contribution in [3.05, 3.63) is 89.5 Å². The fraction of sp³-hybridized carbons (Fsp3) is 0.409. The number of rotatable bonds is 8. The Labute approximate surface area is 310 Å². The van der Waals surface area contributed by atoms with Gasteiger partial charge in [0.2, 0.25) is 0 Å². The number of aliphatic hydroxyl groups is 1. The van der Waals surface area contributed by atoms with Crippen molar-refractivity contribution in [3.8, 4) is 11.3 Å². The zero-order valence-electron chi connectivity index (χ0n) is 31.6. The minimum atomic E-state index is -0.337. The summed E-state index contributed by atoms with van der Waals surface area (Å²) < 4.78 is 12.5. The number of furan rings is 2. The number of aromatic nitrogens is 1. The van der Waals surface area contributed by atoms with Gasteiger partial charge in [0.05, 0.1) is 5.39 Å². The van der Waals surface area contributed by atoms with Gasteiger partial charge in [-0.3, -0.25) is 9.78 Å². The van der Waals surface area contributed by atoms with Crippen LogP contribution in [0.15, 0.2) is 75.4 Å². The van der Waals surface area contributed by atoms with Crippen molar-refractivity contribution in [2.45, 2.75) is 107 Å². The molecule has 0 atom stereocenters. The van der Waals surface area contributed by atoms with Crippen molar-refractivity contribution >= 4 is 49.5 Å². The molecule has 0 bridgehead atoms. The van der Waals surface area contributed by atoms with Crippen LogP contribution in [0.2, 0.25) is 0 Å². The summed E-state index contributed by atoms with van der Waals surface area (Å²) in [5.74, 6) is 1.21. The summed E-state index contributed by atoms with van der Waals surface area (Å²) >= 11 is 0. The van der Waals surface area contributed by atoms with Gasteiger partial charge < -0.3 is 13.9 Å². The molecule has 0 aliphatic heterocycles. The summed E-state index contributed by atoms with van der Waals surface area (Å²) in [6, 6.07) is 20.4. The second kappa shape index (κ2) is 14.9. The third-order valence-electron chi connectivity index (χ3n) is 11.1. The molecule has 6 rings (SSSR count). The number of pyridine rings is 1. The Morgan fingerprint density at radius 3 is 2.06 bits per heavy atom. The Morgan fingerprint density at radius 2 is 1.44 bits per heavy atom. The molecule has 3 heterocycles. The van der Waals surface area contributed by atoms with Crippen molar-refractivity contribution in [1.82, 2.24) is 4.98 Å². The third kappa shape index (κ3) is 7.07. The van der Waals surface area contributed by atoms with Gasteiger partial charge in [0.25, 0.3) is 0 Å². The van der Waals surface area contributed by atoms with Crippen LogP contribution in [0.5, 0.6) is 0 Å². The van der Waals surface area contributed by atoms with Gasteiger partial charge in [-0.15, -0.1) is 29.1 Å². The minimum Gasteiger partial charge on any atom is -0.512 e. The number of fused-ring (bicyclic) bond motifs is 6.